The Morgan fingerprint density at radius 1 is 1.10 bits per heavy atom. The van der Waals surface area contributed by atoms with Crippen molar-refractivity contribution < 1.29 is 4.74 Å². The van der Waals surface area contributed by atoms with E-state index in [-0.39, 0.29) is 12.2 Å². The number of ether oxygens (including phenoxy) is 1. The lowest BCUT2D eigenvalue weighted by Crippen LogP contribution is -2.22. The first kappa shape index (κ1) is 18.9. The van der Waals surface area contributed by atoms with Crippen LogP contribution in [-0.4, -0.2) is 14.5 Å². The Bertz CT molecular complexity index is 1120. The number of hydrogen-bond donors (Lipinski definition) is 0. The van der Waals surface area contributed by atoms with Crippen LogP contribution >= 0.6 is 0 Å². The van der Waals surface area contributed by atoms with Gasteiger partial charge in [-0.05, 0) is 56.0 Å². The van der Waals surface area contributed by atoms with Crippen LogP contribution < -0.4 is 10.3 Å². The number of nitrogens with zero attached hydrogens (tertiary/aromatic N) is 3. The third-order valence-corrected chi connectivity index (χ3v) is 4.80. The monoisotopic (exact) mass is 385 g/mol. The predicted octanol–water partition coefficient (Wildman–Crippen LogP) is 3.64. The third-order valence-electron chi connectivity index (χ3n) is 4.80. The molecular weight excluding hydrogens is 362 g/mol. The van der Waals surface area contributed by atoms with E-state index in [2.05, 4.69) is 21.8 Å². The van der Waals surface area contributed by atoms with Crippen molar-refractivity contribution in [2.45, 2.75) is 39.8 Å². The molecular formula is C24H23N3O2. The van der Waals surface area contributed by atoms with Crippen LogP contribution in [0.1, 0.15) is 41.1 Å². The molecule has 0 unspecified atom stereocenters. The van der Waals surface area contributed by atoms with Crippen molar-refractivity contribution in [3.8, 4) is 17.6 Å². The Balaban J connectivity index is 1.43. The second-order valence-corrected chi connectivity index (χ2v) is 7.46. The fourth-order valence-electron chi connectivity index (χ4n) is 2.92. The summed E-state index contributed by atoms with van der Waals surface area (Å²) < 4.78 is 7.45. The van der Waals surface area contributed by atoms with Crippen molar-refractivity contribution in [3.05, 3.63) is 87.4 Å². The fourth-order valence-corrected chi connectivity index (χ4v) is 2.92. The third kappa shape index (κ3) is 5.11. The van der Waals surface area contributed by atoms with Crippen molar-refractivity contribution in [3.63, 3.8) is 0 Å². The molecule has 0 aliphatic heterocycles. The molecule has 0 bridgehead atoms. The maximum Gasteiger partial charge on any atom is 0.254 e. The first-order valence-corrected chi connectivity index (χ1v) is 9.79. The maximum absolute atomic E-state index is 12.6. The molecule has 3 aromatic rings. The zero-order valence-corrected chi connectivity index (χ0v) is 16.7. The molecule has 0 radical (unpaired) electrons. The van der Waals surface area contributed by atoms with Gasteiger partial charge in [0, 0.05) is 35.6 Å². The second kappa shape index (κ2) is 8.32. The van der Waals surface area contributed by atoms with Gasteiger partial charge in [0.1, 0.15) is 12.4 Å². The van der Waals surface area contributed by atoms with Crippen LogP contribution in [-0.2, 0) is 13.2 Å². The quantitative estimate of drug-likeness (QED) is 0.629. The van der Waals surface area contributed by atoms with Crippen molar-refractivity contribution in [2.24, 2.45) is 5.92 Å². The highest BCUT2D eigenvalue weighted by molar-refractivity contribution is 5.37. The van der Waals surface area contributed by atoms with Gasteiger partial charge in [-0.15, -0.1) is 0 Å². The first-order valence-electron chi connectivity index (χ1n) is 9.79. The second-order valence-electron chi connectivity index (χ2n) is 7.46. The van der Waals surface area contributed by atoms with E-state index in [0.29, 0.717) is 24.0 Å². The van der Waals surface area contributed by atoms with E-state index in [9.17, 15) is 4.79 Å². The highest BCUT2D eigenvalue weighted by Crippen LogP contribution is 2.27. The number of pyridine rings is 1. The standard InChI is InChI=1S/C24H23N3O2/c1-17-13-25-23(26-14-17)16-29-22-11-18(2)27(24(28)12-22)15-21-9-7-20(8-10-21)6-5-19-3-4-19/h7-14,19H,3-4,15-16H2,1-2H3. The molecule has 1 aliphatic rings. The summed E-state index contributed by atoms with van der Waals surface area (Å²) in [6.07, 6.45) is 5.95. The number of aromatic nitrogens is 3. The molecule has 1 saturated carbocycles. The number of aryl methyl sites for hydroxylation is 2. The van der Waals surface area contributed by atoms with Gasteiger partial charge in [-0.3, -0.25) is 4.79 Å². The molecule has 0 amide bonds. The average molecular weight is 385 g/mol. The molecule has 0 atom stereocenters. The highest BCUT2D eigenvalue weighted by Gasteiger charge is 2.17. The van der Waals surface area contributed by atoms with Gasteiger partial charge in [0.15, 0.2) is 5.82 Å². The molecule has 5 heteroatoms. The Hall–Kier alpha value is -3.39. The average Bonchev–Trinajstić information content (AvgIpc) is 3.54. The van der Waals surface area contributed by atoms with Gasteiger partial charge in [0.2, 0.25) is 0 Å². The van der Waals surface area contributed by atoms with Crippen molar-refractivity contribution in [2.75, 3.05) is 0 Å². The first-order chi connectivity index (χ1) is 14.1. The molecule has 1 fully saturated rings. The summed E-state index contributed by atoms with van der Waals surface area (Å²) in [6.45, 7) is 4.59. The van der Waals surface area contributed by atoms with E-state index in [1.165, 1.54) is 18.9 Å². The summed E-state index contributed by atoms with van der Waals surface area (Å²) in [5.41, 5.74) is 3.83. The fraction of sp³-hybridized carbons (Fsp3) is 0.292. The lowest BCUT2D eigenvalue weighted by Gasteiger charge is -2.12. The summed E-state index contributed by atoms with van der Waals surface area (Å²) in [6, 6.07) is 11.5. The van der Waals surface area contributed by atoms with E-state index in [4.69, 9.17) is 4.74 Å². The molecule has 1 aromatic carbocycles. The molecule has 0 N–H and O–H groups in total. The SMILES string of the molecule is Cc1cnc(COc2cc(C)n(Cc3ccc(C#CC4CC4)cc3)c(=O)c2)nc1. The molecule has 2 heterocycles. The normalized spacial score (nSPS) is 12.9. The number of benzene rings is 1. The van der Waals surface area contributed by atoms with Gasteiger partial charge >= 0.3 is 0 Å². The smallest absolute Gasteiger partial charge is 0.254 e. The summed E-state index contributed by atoms with van der Waals surface area (Å²) in [5.74, 6) is 8.18. The summed E-state index contributed by atoms with van der Waals surface area (Å²) >= 11 is 0. The largest absolute Gasteiger partial charge is 0.485 e. The molecule has 2 aromatic heterocycles. The van der Waals surface area contributed by atoms with E-state index in [0.717, 1.165) is 22.4 Å². The molecule has 1 aliphatic carbocycles. The van der Waals surface area contributed by atoms with Gasteiger partial charge in [-0.25, -0.2) is 9.97 Å². The summed E-state index contributed by atoms with van der Waals surface area (Å²) in [5, 5.41) is 0. The summed E-state index contributed by atoms with van der Waals surface area (Å²) in [7, 11) is 0. The van der Waals surface area contributed by atoms with Crippen LogP contribution in [0.5, 0.6) is 5.75 Å². The highest BCUT2D eigenvalue weighted by atomic mass is 16.5. The molecule has 146 valence electrons. The van der Waals surface area contributed by atoms with Crippen molar-refractivity contribution in [1.82, 2.24) is 14.5 Å². The van der Waals surface area contributed by atoms with Crippen LogP contribution in [0.2, 0.25) is 0 Å². The van der Waals surface area contributed by atoms with E-state index in [1.807, 2.05) is 44.2 Å². The zero-order chi connectivity index (χ0) is 20.2. The minimum atomic E-state index is -0.0950. The molecule has 29 heavy (non-hydrogen) atoms. The Kier molecular flexibility index (Phi) is 5.44. The van der Waals surface area contributed by atoms with Crippen molar-refractivity contribution >= 4 is 0 Å². The van der Waals surface area contributed by atoms with E-state index >= 15 is 0 Å². The Labute approximate surface area is 170 Å². The van der Waals surface area contributed by atoms with Gasteiger partial charge in [-0.2, -0.15) is 0 Å². The van der Waals surface area contributed by atoms with Crippen LogP contribution in [0.25, 0.3) is 0 Å². The minimum Gasteiger partial charge on any atom is -0.485 e. The van der Waals surface area contributed by atoms with Gasteiger partial charge < -0.3 is 9.30 Å². The van der Waals surface area contributed by atoms with Crippen LogP contribution in [0.4, 0.5) is 0 Å². The topological polar surface area (TPSA) is 57.0 Å². The predicted molar refractivity (Wildman–Crippen MR) is 112 cm³/mol. The molecule has 0 saturated heterocycles. The van der Waals surface area contributed by atoms with Crippen LogP contribution in [0.15, 0.2) is 53.6 Å². The zero-order valence-electron chi connectivity index (χ0n) is 16.7. The Morgan fingerprint density at radius 3 is 2.48 bits per heavy atom. The van der Waals surface area contributed by atoms with Gasteiger partial charge in [0.05, 0.1) is 6.54 Å². The van der Waals surface area contributed by atoms with Crippen LogP contribution in [0.3, 0.4) is 0 Å². The minimum absolute atomic E-state index is 0.0950. The lowest BCUT2D eigenvalue weighted by atomic mass is 10.1. The van der Waals surface area contributed by atoms with Gasteiger partial charge in [-0.1, -0.05) is 24.0 Å². The Morgan fingerprint density at radius 2 is 1.83 bits per heavy atom. The molecule has 0 spiro atoms. The van der Waals surface area contributed by atoms with Crippen molar-refractivity contribution in [1.29, 1.82) is 0 Å². The van der Waals surface area contributed by atoms with E-state index < -0.39 is 0 Å². The molecule has 4 rings (SSSR count). The maximum atomic E-state index is 12.6. The lowest BCUT2D eigenvalue weighted by molar-refractivity contribution is 0.294. The number of rotatable bonds is 5. The number of hydrogen-bond acceptors (Lipinski definition) is 4. The summed E-state index contributed by atoms with van der Waals surface area (Å²) in [4.78, 5) is 21.0. The molecule has 5 nitrogen and oxygen atoms in total. The van der Waals surface area contributed by atoms with Crippen LogP contribution in [0, 0.1) is 31.6 Å². The van der Waals surface area contributed by atoms with Gasteiger partial charge in [0.25, 0.3) is 5.56 Å². The van der Waals surface area contributed by atoms with E-state index in [1.54, 1.807) is 17.0 Å².